The SMILES string of the molecule is CCCCC1=NN2C(=N)/C(=C\c3ccc(OCc4ccccc4Cl)c(OC)c3)C(=O)N=C2S1. The number of carbonyl (C=O) groups is 1. The first-order chi connectivity index (χ1) is 16.0. The highest BCUT2D eigenvalue weighted by atomic mass is 35.5. The van der Waals surface area contributed by atoms with Gasteiger partial charge in [-0.15, -0.1) is 0 Å². The molecule has 0 unspecified atom stereocenters. The van der Waals surface area contributed by atoms with Crippen molar-refractivity contribution >= 4 is 51.4 Å². The molecule has 170 valence electrons. The number of hydrogen-bond acceptors (Lipinski definition) is 6. The predicted molar refractivity (Wildman–Crippen MR) is 133 cm³/mol. The number of unbranched alkanes of at least 4 members (excludes halogenated alkanes) is 1. The van der Waals surface area contributed by atoms with Crippen LogP contribution in [0, 0.1) is 5.41 Å². The largest absolute Gasteiger partial charge is 0.493 e. The highest BCUT2D eigenvalue weighted by Crippen LogP contribution is 2.33. The fourth-order valence-corrected chi connectivity index (χ4v) is 4.41. The summed E-state index contributed by atoms with van der Waals surface area (Å²) in [6, 6.07) is 12.8. The van der Waals surface area contributed by atoms with Crippen molar-refractivity contribution in [2.45, 2.75) is 32.8 Å². The van der Waals surface area contributed by atoms with Crippen molar-refractivity contribution in [3.05, 3.63) is 64.2 Å². The Morgan fingerprint density at radius 1 is 1.21 bits per heavy atom. The van der Waals surface area contributed by atoms with Crippen LogP contribution in [0.4, 0.5) is 0 Å². The van der Waals surface area contributed by atoms with Crippen molar-refractivity contribution in [3.8, 4) is 11.5 Å². The third kappa shape index (κ3) is 5.12. The topological polar surface area (TPSA) is 87.3 Å². The van der Waals surface area contributed by atoms with Crippen LogP contribution in [0.1, 0.15) is 37.3 Å². The Hall–Kier alpha value is -3.10. The number of benzene rings is 2. The molecule has 2 heterocycles. The maximum atomic E-state index is 12.6. The second-order valence-corrected chi connectivity index (χ2v) is 8.86. The molecule has 2 aliphatic rings. The summed E-state index contributed by atoms with van der Waals surface area (Å²) in [5.41, 5.74) is 1.72. The number of hydrazone groups is 1. The molecule has 0 aromatic heterocycles. The molecule has 2 aromatic carbocycles. The molecule has 2 aliphatic heterocycles. The monoisotopic (exact) mass is 482 g/mol. The van der Waals surface area contributed by atoms with Crippen molar-refractivity contribution in [1.29, 1.82) is 5.41 Å². The molecule has 0 bridgehead atoms. The van der Waals surface area contributed by atoms with Crippen molar-refractivity contribution in [3.63, 3.8) is 0 Å². The number of rotatable bonds is 8. The average Bonchev–Trinajstić information content (AvgIpc) is 3.23. The van der Waals surface area contributed by atoms with Crippen LogP contribution < -0.4 is 9.47 Å². The molecule has 33 heavy (non-hydrogen) atoms. The fraction of sp³-hybridized carbons (Fsp3) is 0.250. The van der Waals surface area contributed by atoms with Gasteiger partial charge < -0.3 is 9.47 Å². The zero-order valence-corrected chi connectivity index (χ0v) is 19.9. The summed E-state index contributed by atoms with van der Waals surface area (Å²) in [5.74, 6) is 0.615. The van der Waals surface area contributed by atoms with Crippen LogP contribution in [0.3, 0.4) is 0 Å². The molecule has 0 saturated heterocycles. The van der Waals surface area contributed by atoms with Gasteiger partial charge in [-0.2, -0.15) is 15.1 Å². The van der Waals surface area contributed by atoms with Gasteiger partial charge in [0.25, 0.3) is 5.91 Å². The standard InChI is InChI=1S/C24H23ClN4O3S/c1-3-4-9-21-28-29-22(26)17(23(30)27-24(29)33-21)12-15-10-11-19(20(13-15)31-2)32-14-16-7-5-6-8-18(16)25/h5-8,10-13,26H,3-4,9,14H2,1-2H3/b17-12+,26-22?. The number of nitrogens with one attached hydrogen (secondary N) is 1. The van der Waals surface area contributed by atoms with Crippen LogP contribution in [-0.2, 0) is 11.4 Å². The molecule has 9 heteroatoms. The molecular weight excluding hydrogens is 460 g/mol. The lowest BCUT2D eigenvalue weighted by atomic mass is 10.1. The summed E-state index contributed by atoms with van der Waals surface area (Å²) in [4.78, 5) is 16.8. The van der Waals surface area contributed by atoms with Gasteiger partial charge in [0.05, 0.1) is 12.7 Å². The summed E-state index contributed by atoms with van der Waals surface area (Å²) < 4.78 is 11.4. The van der Waals surface area contributed by atoms with Crippen molar-refractivity contribution in [2.75, 3.05) is 7.11 Å². The van der Waals surface area contributed by atoms with Gasteiger partial charge in [-0.1, -0.05) is 49.2 Å². The van der Waals surface area contributed by atoms with Gasteiger partial charge in [-0.3, -0.25) is 10.2 Å². The van der Waals surface area contributed by atoms with Crippen molar-refractivity contribution < 1.29 is 14.3 Å². The highest BCUT2D eigenvalue weighted by molar-refractivity contribution is 8.26. The second-order valence-electron chi connectivity index (χ2n) is 7.41. The average molecular weight is 483 g/mol. The first-order valence-electron chi connectivity index (χ1n) is 10.5. The van der Waals surface area contributed by atoms with Gasteiger partial charge in [0.1, 0.15) is 11.7 Å². The van der Waals surface area contributed by atoms with E-state index in [2.05, 4.69) is 17.0 Å². The lowest BCUT2D eigenvalue weighted by Crippen LogP contribution is -2.35. The summed E-state index contributed by atoms with van der Waals surface area (Å²) in [6.07, 6.45) is 4.48. The van der Waals surface area contributed by atoms with E-state index in [9.17, 15) is 4.79 Å². The Morgan fingerprint density at radius 3 is 2.79 bits per heavy atom. The number of aliphatic imine (C=N–C) groups is 1. The minimum atomic E-state index is -0.455. The Balaban J connectivity index is 1.54. The summed E-state index contributed by atoms with van der Waals surface area (Å²) >= 11 is 7.56. The van der Waals surface area contributed by atoms with E-state index in [1.165, 1.54) is 16.8 Å². The summed E-state index contributed by atoms with van der Waals surface area (Å²) in [6.45, 7) is 2.40. The molecule has 0 fully saturated rings. The van der Waals surface area contributed by atoms with E-state index < -0.39 is 5.91 Å². The Morgan fingerprint density at radius 2 is 2.03 bits per heavy atom. The highest BCUT2D eigenvalue weighted by Gasteiger charge is 2.35. The van der Waals surface area contributed by atoms with Crippen LogP contribution in [0.2, 0.25) is 5.02 Å². The fourth-order valence-electron chi connectivity index (χ4n) is 3.29. The van der Waals surface area contributed by atoms with Crippen LogP contribution in [0.25, 0.3) is 6.08 Å². The number of ether oxygens (including phenoxy) is 2. The Labute approximate surface area is 201 Å². The van der Waals surface area contributed by atoms with E-state index in [4.69, 9.17) is 26.5 Å². The normalized spacial score (nSPS) is 16.6. The number of hydrogen-bond donors (Lipinski definition) is 1. The zero-order chi connectivity index (χ0) is 23.4. The predicted octanol–water partition coefficient (Wildman–Crippen LogP) is 5.74. The maximum Gasteiger partial charge on any atom is 0.283 e. The molecule has 4 rings (SSSR count). The number of halogens is 1. The number of carbonyl (C=O) groups excluding carboxylic acids is 1. The molecular formula is C24H23ClN4O3S. The van der Waals surface area contributed by atoms with Gasteiger partial charge >= 0.3 is 0 Å². The molecule has 1 amide bonds. The van der Waals surface area contributed by atoms with Gasteiger partial charge in [-0.05, 0) is 54.4 Å². The molecule has 0 radical (unpaired) electrons. The van der Waals surface area contributed by atoms with Gasteiger partial charge in [0.15, 0.2) is 17.3 Å². The third-order valence-electron chi connectivity index (χ3n) is 5.08. The van der Waals surface area contributed by atoms with Gasteiger partial charge in [-0.25, -0.2) is 0 Å². The molecule has 7 nitrogen and oxygen atoms in total. The lowest BCUT2D eigenvalue weighted by Gasteiger charge is -2.20. The summed E-state index contributed by atoms with van der Waals surface area (Å²) in [5, 5.41) is 16.4. The molecule has 0 atom stereocenters. The van der Waals surface area contributed by atoms with Crippen LogP contribution in [-0.4, -0.2) is 34.1 Å². The smallest absolute Gasteiger partial charge is 0.283 e. The number of nitrogens with zero attached hydrogens (tertiary/aromatic N) is 3. The van der Waals surface area contributed by atoms with Crippen LogP contribution in [0.15, 0.2) is 58.1 Å². The maximum absolute atomic E-state index is 12.6. The quantitative estimate of drug-likeness (QED) is 0.485. The third-order valence-corrected chi connectivity index (χ3v) is 6.42. The van der Waals surface area contributed by atoms with E-state index in [0.717, 1.165) is 29.9 Å². The molecule has 1 N–H and O–H groups in total. The second kappa shape index (κ2) is 10.2. The van der Waals surface area contributed by atoms with E-state index in [1.54, 1.807) is 31.4 Å². The van der Waals surface area contributed by atoms with E-state index >= 15 is 0 Å². The molecule has 0 spiro atoms. The first-order valence-corrected chi connectivity index (χ1v) is 11.7. The minimum Gasteiger partial charge on any atom is -0.493 e. The first kappa shape index (κ1) is 23.1. The number of thioether (sulfide) groups is 1. The van der Waals surface area contributed by atoms with E-state index in [-0.39, 0.29) is 11.4 Å². The Bertz CT molecular complexity index is 1190. The van der Waals surface area contributed by atoms with Gasteiger partial charge in [0, 0.05) is 10.6 Å². The van der Waals surface area contributed by atoms with Gasteiger partial charge in [0.2, 0.25) is 5.17 Å². The van der Waals surface area contributed by atoms with E-state index in [1.807, 2.05) is 24.3 Å². The van der Waals surface area contributed by atoms with Crippen LogP contribution >= 0.6 is 23.4 Å². The molecule has 0 aliphatic carbocycles. The minimum absolute atomic E-state index is 0.0158. The number of fused-ring (bicyclic) bond motifs is 1. The number of amidine groups is 2. The van der Waals surface area contributed by atoms with Crippen molar-refractivity contribution in [1.82, 2.24) is 5.01 Å². The number of amides is 1. The van der Waals surface area contributed by atoms with E-state index in [0.29, 0.717) is 33.9 Å². The lowest BCUT2D eigenvalue weighted by molar-refractivity contribution is -0.114. The summed E-state index contributed by atoms with van der Waals surface area (Å²) in [7, 11) is 1.55. The molecule has 2 aromatic rings. The van der Waals surface area contributed by atoms with Crippen LogP contribution in [0.5, 0.6) is 11.5 Å². The Kier molecular flexibility index (Phi) is 7.15. The molecule has 0 saturated carbocycles. The zero-order valence-electron chi connectivity index (χ0n) is 18.3. The van der Waals surface area contributed by atoms with Crippen molar-refractivity contribution in [2.24, 2.45) is 10.1 Å². The number of methoxy groups -OCH3 is 1.